The number of carbonyl (C=O) groups excluding carboxylic acids is 1. The van der Waals surface area contributed by atoms with E-state index < -0.39 is 0 Å². The molecule has 1 aromatic heterocycles. The van der Waals surface area contributed by atoms with Gasteiger partial charge in [0.25, 0.3) is 0 Å². The van der Waals surface area contributed by atoms with Crippen molar-refractivity contribution in [1.29, 1.82) is 0 Å². The van der Waals surface area contributed by atoms with Gasteiger partial charge in [0.05, 0.1) is 0 Å². The summed E-state index contributed by atoms with van der Waals surface area (Å²) in [6.45, 7) is 2.08. The largest absolute Gasteiger partial charge is 0.301 e. The van der Waals surface area contributed by atoms with Crippen molar-refractivity contribution in [2.45, 2.75) is 58.3 Å². The topological polar surface area (TPSA) is 54.9 Å². The number of nitrogens with zero attached hydrogens (tertiary/aromatic N) is 2. The van der Waals surface area contributed by atoms with Gasteiger partial charge in [-0.25, -0.2) is 0 Å². The van der Waals surface area contributed by atoms with Crippen LogP contribution in [-0.4, -0.2) is 16.1 Å². The number of hydrogen-bond acceptors (Lipinski definition) is 4. The highest BCUT2D eigenvalue weighted by atomic mass is 32.1. The Morgan fingerprint density at radius 3 is 2.89 bits per heavy atom. The van der Waals surface area contributed by atoms with E-state index in [0.29, 0.717) is 11.6 Å². The van der Waals surface area contributed by atoms with Crippen LogP contribution in [0.3, 0.4) is 0 Å². The van der Waals surface area contributed by atoms with E-state index in [1.807, 2.05) is 0 Å². The van der Waals surface area contributed by atoms with Crippen LogP contribution in [0.2, 0.25) is 0 Å². The predicted octanol–water partition coefficient (Wildman–Crippen LogP) is 3.40. The maximum atomic E-state index is 11.6. The molecule has 1 aromatic rings. The lowest BCUT2D eigenvalue weighted by Gasteiger charge is -2.03. The van der Waals surface area contributed by atoms with E-state index in [9.17, 15) is 4.79 Å². The number of aromatic nitrogens is 2. The predicted molar refractivity (Wildman–Crippen MR) is 73.7 cm³/mol. The van der Waals surface area contributed by atoms with Gasteiger partial charge in [-0.05, 0) is 12.3 Å². The average Bonchev–Trinajstić information content (AvgIpc) is 2.99. The quantitative estimate of drug-likeness (QED) is 0.859. The Bertz CT molecular complexity index is 385. The minimum Gasteiger partial charge on any atom is -0.301 e. The number of carbonyl (C=O) groups is 1. The Morgan fingerprint density at radius 1 is 1.39 bits per heavy atom. The minimum absolute atomic E-state index is 0.0559. The molecule has 100 valence electrons. The molecule has 1 saturated carbocycles. The molecule has 5 heteroatoms. The molecule has 1 aliphatic carbocycles. The number of amides is 1. The summed E-state index contributed by atoms with van der Waals surface area (Å²) in [7, 11) is 0. The first-order valence-electron chi connectivity index (χ1n) is 6.90. The first-order valence-corrected chi connectivity index (χ1v) is 7.72. The van der Waals surface area contributed by atoms with Crippen LogP contribution in [-0.2, 0) is 11.2 Å². The molecule has 4 nitrogen and oxygen atoms in total. The molecule has 1 aliphatic rings. The first kappa shape index (κ1) is 13.5. The van der Waals surface area contributed by atoms with Gasteiger partial charge in [0.15, 0.2) is 0 Å². The second-order valence-electron chi connectivity index (χ2n) is 5.01. The van der Waals surface area contributed by atoms with Crippen LogP contribution in [0.5, 0.6) is 0 Å². The number of rotatable bonds is 6. The fourth-order valence-electron chi connectivity index (χ4n) is 2.37. The van der Waals surface area contributed by atoms with Gasteiger partial charge in [0.2, 0.25) is 11.0 Å². The fourth-order valence-corrected chi connectivity index (χ4v) is 3.24. The highest BCUT2D eigenvalue weighted by Crippen LogP contribution is 2.29. The van der Waals surface area contributed by atoms with Crippen LogP contribution in [0.1, 0.15) is 56.9 Å². The van der Waals surface area contributed by atoms with Crippen molar-refractivity contribution in [3.8, 4) is 0 Å². The second-order valence-corrected chi connectivity index (χ2v) is 6.07. The molecule has 2 rings (SSSR count). The minimum atomic E-state index is 0.0559. The van der Waals surface area contributed by atoms with Crippen LogP contribution in [0.25, 0.3) is 0 Å². The molecule has 0 radical (unpaired) electrons. The van der Waals surface area contributed by atoms with Gasteiger partial charge in [-0.15, -0.1) is 10.2 Å². The Morgan fingerprint density at radius 2 is 2.17 bits per heavy atom. The van der Waals surface area contributed by atoms with Gasteiger partial charge in [-0.1, -0.05) is 50.4 Å². The van der Waals surface area contributed by atoms with E-state index in [1.54, 1.807) is 0 Å². The Labute approximate surface area is 112 Å². The fraction of sp³-hybridized carbons (Fsp3) is 0.769. The van der Waals surface area contributed by atoms with Gasteiger partial charge in [0, 0.05) is 12.8 Å². The van der Waals surface area contributed by atoms with Crippen molar-refractivity contribution in [3.05, 3.63) is 5.01 Å². The van der Waals surface area contributed by atoms with Crippen molar-refractivity contribution in [3.63, 3.8) is 0 Å². The third kappa shape index (κ3) is 4.05. The van der Waals surface area contributed by atoms with Crippen LogP contribution in [0.15, 0.2) is 0 Å². The molecule has 1 fully saturated rings. The number of nitrogens with one attached hydrogen (secondary N) is 1. The Hall–Kier alpha value is -0.970. The smallest absolute Gasteiger partial charge is 0.226 e. The molecule has 1 amide bonds. The second kappa shape index (κ2) is 6.83. The van der Waals surface area contributed by atoms with E-state index in [4.69, 9.17) is 0 Å². The maximum absolute atomic E-state index is 11.6. The summed E-state index contributed by atoms with van der Waals surface area (Å²) in [6.07, 6.45) is 8.91. The highest BCUT2D eigenvalue weighted by molar-refractivity contribution is 7.15. The molecule has 0 spiro atoms. The van der Waals surface area contributed by atoms with E-state index in [1.165, 1.54) is 37.0 Å². The molecule has 0 saturated heterocycles. The van der Waals surface area contributed by atoms with Gasteiger partial charge in [-0.2, -0.15) is 0 Å². The third-order valence-corrected chi connectivity index (χ3v) is 4.27. The normalized spacial score (nSPS) is 16.1. The standard InChI is InChI=1S/C13H21N3OS/c1-2-3-8-11(17)14-13-16-15-12(18-13)9-10-6-4-5-7-10/h10H,2-9H2,1H3,(H,14,16,17). The summed E-state index contributed by atoms with van der Waals surface area (Å²) in [5, 5.41) is 12.8. The van der Waals surface area contributed by atoms with Crippen LogP contribution in [0.4, 0.5) is 5.13 Å². The Kier molecular flexibility index (Phi) is 5.11. The Balaban J connectivity index is 1.79. The van der Waals surface area contributed by atoms with E-state index in [-0.39, 0.29) is 5.91 Å². The van der Waals surface area contributed by atoms with E-state index in [0.717, 1.165) is 30.2 Å². The van der Waals surface area contributed by atoms with Gasteiger partial charge in [0.1, 0.15) is 5.01 Å². The summed E-state index contributed by atoms with van der Waals surface area (Å²) in [5.41, 5.74) is 0. The molecular weight excluding hydrogens is 246 g/mol. The molecule has 1 N–H and O–H groups in total. The number of hydrogen-bond donors (Lipinski definition) is 1. The molecular formula is C13H21N3OS. The van der Waals surface area contributed by atoms with Crippen molar-refractivity contribution in [2.75, 3.05) is 5.32 Å². The molecule has 1 heterocycles. The monoisotopic (exact) mass is 267 g/mol. The van der Waals surface area contributed by atoms with E-state index in [2.05, 4.69) is 22.4 Å². The molecule has 0 aliphatic heterocycles. The molecule has 0 atom stereocenters. The number of unbranched alkanes of at least 4 members (excludes halogenated alkanes) is 1. The van der Waals surface area contributed by atoms with Crippen LogP contribution in [0, 0.1) is 5.92 Å². The highest BCUT2D eigenvalue weighted by Gasteiger charge is 2.18. The van der Waals surface area contributed by atoms with Crippen LogP contribution >= 0.6 is 11.3 Å². The van der Waals surface area contributed by atoms with E-state index >= 15 is 0 Å². The van der Waals surface area contributed by atoms with Gasteiger partial charge >= 0.3 is 0 Å². The lowest BCUT2D eigenvalue weighted by atomic mass is 10.1. The van der Waals surface area contributed by atoms with Crippen molar-refractivity contribution in [1.82, 2.24) is 10.2 Å². The zero-order valence-corrected chi connectivity index (χ0v) is 11.8. The molecule has 18 heavy (non-hydrogen) atoms. The van der Waals surface area contributed by atoms with Crippen molar-refractivity contribution < 1.29 is 4.79 Å². The van der Waals surface area contributed by atoms with Crippen molar-refractivity contribution >= 4 is 22.4 Å². The summed E-state index contributed by atoms with van der Waals surface area (Å²) < 4.78 is 0. The zero-order valence-electron chi connectivity index (χ0n) is 10.9. The third-order valence-electron chi connectivity index (χ3n) is 3.41. The first-order chi connectivity index (χ1) is 8.78. The molecule has 0 unspecified atom stereocenters. The van der Waals surface area contributed by atoms with Gasteiger partial charge in [-0.3, -0.25) is 4.79 Å². The summed E-state index contributed by atoms with van der Waals surface area (Å²) >= 11 is 1.53. The SMILES string of the molecule is CCCCC(=O)Nc1nnc(CC2CCCC2)s1. The van der Waals surface area contributed by atoms with Gasteiger partial charge < -0.3 is 5.32 Å². The van der Waals surface area contributed by atoms with Crippen molar-refractivity contribution in [2.24, 2.45) is 5.92 Å². The maximum Gasteiger partial charge on any atom is 0.226 e. The number of anilines is 1. The van der Waals surface area contributed by atoms with Crippen LogP contribution < -0.4 is 5.32 Å². The zero-order chi connectivity index (χ0) is 12.8. The molecule has 0 bridgehead atoms. The summed E-state index contributed by atoms with van der Waals surface area (Å²) in [4.78, 5) is 11.6. The summed E-state index contributed by atoms with van der Waals surface area (Å²) in [5.74, 6) is 0.835. The summed E-state index contributed by atoms with van der Waals surface area (Å²) in [6, 6.07) is 0. The average molecular weight is 267 g/mol. The lowest BCUT2D eigenvalue weighted by Crippen LogP contribution is -2.10. The molecule has 0 aromatic carbocycles. The lowest BCUT2D eigenvalue weighted by molar-refractivity contribution is -0.116.